The smallest absolute Gasteiger partial charge is 0.259 e. The van der Waals surface area contributed by atoms with Crippen molar-refractivity contribution in [3.63, 3.8) is 0 Å². The number of nitrogens with zero attached hydrogens (tertiary/aromatic N) is 4. The maximum atomic E-state index is 15.0. The number of methoxy groups -OCH3 is 1. The number of benzene rings is 1. The summed E-state index contributed by atoms with van der Waals surface area (Å²) in [5.41, 5.74) is 1.64. The van der Waals surface area contributed by atoms with Gasteiger partial charge in [-0.2, -0.15) is 0 Å². The Hall–Kier alpha value is -3.07. The van der Waals surface area contributed by atoms with Crippen molar-refractivity contribution in [1.82, 2.24) is 9.88 Å². The highest BCUT2D eigenvalue weighted by molar-refractivity contribution is 5.98. The average Bonchev–Trinajstić information content (AvgIpc) is 3.13. The van der Waals surface area contributed by atoms with Crippen molar-refractivity contribution in [2.24, 2.45) is 0 Å². The molecule has 3 heterocycles. The lowest BCUT2D eigenvalue weighted by molar-refractivity contribution is -0.117. The molecule has 2 aliphatic rings. The molecule has 0 spiro atoms. The number of anilines is 2. The number of aromatic nitrogens is 1. The van der Waals surface area contributed by atoms with Gasteiger partial charge in [0.15, 0.2) is 0 Å². The van der Waals surface area contributed by atoms with E-state index < -0.39 is 23.1 Å². The second-order valence-electron chi connectivity index (χ2n) is 8.63. The van der Waals surface area contributed by atoms with Crippen LogP contribution in [0.3, 0.4) is 0 Å². The summed E-state index contributed by atoms with van der Waals surface area (Å²) in [7, 11) is 1.51. The third kappa shape index (κ3) is 4.55. The molecule has 0 aliphatic carbocycles. The summed E-state index contributed by atoms with van der Waals surface area (Å²) < 4.78 is 35.1. The highest BCUT2D eigenvalue weighted by atomic mass is 19.1. The van der Waals surface area contributed by atoms with Crippen molar-refractivity contribution in [3.05, 3.63) is 52.7 Å². The lowest BCUT2D eigenvalue weighted by Gasteiger charge is -2.36. The molecule has 0 N–H and O–H groups in total. The maximum absolute atomic E-state index is 15.0. The minimum absolute atomic E-state index is 0.108. The van der Waals surface area contributed by atoms with Crippen LogP contribution in [0.4, 0.5) is 20.3 Å². The van der Waals surface area contributed by atoms with Gasteiger partial charge in [0.2, 0.25) is 5.91 Å². The molecule has 0 saturated carbocycles. The normalized spacial score (nSPS) is 18.9. The Kier molecular flexibility index (Phi) is 6.60. The van der Waals surface area contributed by atoms with Crippen LogP contribution in [0.15, 0.2) is 24.4 Å². The molecule has 0 bridgehead atoms. The van der Waals surface area contributed by atoms with Crippen LogP contribution in [0.25, 0.3) is 0 Å². The molecule has 1 unspecified atom stereocenters. The van der Waals surface area contributed by atoms with E-state index in [1.54, 1.807) is 6.20 Å². The summed E-state index contributed by atoms with van der Waals surface area (Å²) in [6.45, 7) is 5.93. The van der Waals surface area contributed by atoms with Gasteiger partial charge in [0.25, 0.3) is 5.91 Å². The molecule has 2 fully saturated rings. The summed E-state index contributed by atoms with van der Waals surface area (Å²) in [4.78, 5) is 34.6. The first-order chi connectivity index (χ1) is 15.8. The van der Waals surface area contributed by atoms with Crippen molar-refractivity contribution >= 4 is 23.3 Å². The fourth-order valence-electron chi connectivity index (χ4n) is 4.67. The quantitative estimate of drug-likeness (QED) is 0.689. The summed E-state index contributed by atoms with van der Waals surface area (Å²) in [5, 5.41) is 0. The van der Waals surface area contributed by atoms with Crippen molar-refractivity contribution < 1.29 is 23.1 Å². The summed E-state index contributed by atoms with van der Waals surface area (Å²) in [5.74, 6) is -1.99. The summed E-state index contributed by atoms with van der Waals surface area (Å²) in [6.07, 6.45) is 2.64. The van der Waals surface area contributed by atoms with E-state index in [1.165, 1.54) is 16.9 Å². The largest absolute Gasteiger partial charge is 0.383 e. The van der Waals surface area contributed by atoms with Gasteiger partial charge >= 0.3 is 0 Å². The Bertz CT molecular complexity index is 1050. The minimum atomic E-state index is -0.968. The number of halogens is 2. The first-order valence-electron chi connectivity index (χ1n) is 11.1. The first-order valence-corrected chi connectivity index (χ1v) is 11.1. The number of rotatable bonds is 5. The van der Waals surface area contributed by atoms with Crippen LogP contribution in [0.2, 0.25) is 0 Å². The standard InChI is InChI=1S/C24H28F2N4O3/c1-15-10-16(2)23(27-13-15)28-6-8-29(9-7-28)24(32)22-19(25)11-18(12-20(22)26)30-17(14-33-3)4-5-21(30)31/h10-13,17H,4-9,14H2,1-3H3. The molecule has 0 radical (unpaired) electrons. The fraction of sp³-hybridized carbons (Fsp3) is 0.458. The molecule has 9 heteroatoms. The molecular weight excluding hydrogens is 430 g/mol. The number of piperazine rings is 1. The molecule has 1 aromatic heterocycles. The zero-order chi connectivity index (χ0) is 23.7. The second-order valence-corrected chi connectivity index (χ2v) is 8.63. The van der Waals surface area contributed by atoms with Crippen molar-refractivity contribution in [2.45, 2.75) is 32.7 Å². The van der Waals surface area contributed by atoms with Crippen molar-refractivity contribution in [2.75, 3.05) is 49.7 Å². The van der Waals surface area contributed by atoms with Crippen molar-refractivity contribution in [3.8, 4) is 0 Å². The molecular formula is C24H28F2N4O3. The predicted molar refractivity (Wildman–Crippen MR) is 121 cm³/mol. The Morgan fingerprint density at radius 3 is 2.39 bits per heavy atom. The highest BCUT2D eigenvalue weighted by Gasteiger charge is 2.34. The van der Waals surface area contributed by atoms with E-state index in [-0.39, 0.29) is 30.7 Å². The Morgan fingerprint density at radius 1 is 1.12 bits per heavy atom. The number of pyridine rings is 1. The van der Waals surface area contributed by atoms with Crippen LogP contribution in [-0.4, -0.2) is 67.6 Å². The number of carbonyl (C=O) groups is 2. The molecule has 1 aromatic carbocycles. The lowest BCUT2D eigenvalue weighted by Crippen LogP contribution is -2.49. The van der Waals surface area contributed by atoms with Gasteiger partial charge in [-0.3, -0.25) is 9.59 Å². The SMILES string of the molecule is COCC1CCC(=O)N1c1cc(F)c(C(=O)N2CCN(c3ncc(C)cc3C)CC2)c(F)c1. The third-order valence-corrected chi connectivity index (χ3v) is 6.26. The van der Waals surface area contributed by atoms with Gasteiger partial charge in [-0.1, -0.05) is 6.07 Å². The predicted octanol–water partition coefficient (Wildman–Crippen LogP) is 3.08. The number of carbonyl (C=O) groups excluding carboxylic acids is 2. The maximum Gasteiger partial charge on any atom is 0.259 e. The Morgan fingerprint density at radius 2 is 1.79 bits per heavy atom. The Labute approximate surface area is 191 Å². The molecule has 2 amide bonds. The van der Waals surface area contributed by atoms with Crippen LogP contribution in [0.5, 0.6) is 0 Å². The topological polar surface area (TPSA) is 66.0 Å². The van der Waals surface area contributed by atoms with E-state index in [0.717, 1.165) is 29.1 Å². The first kappa shape index (κ1) is 23.1. The molecule has 33 heavy (non-hydrogen) atoms. The second kappa shape index (κ2) is 9.43. The van der Waals surface area contributed by atoms with Crippen LogP contribution in [0, 0.1) is 25.5 Å². The number of amides is 2. The number of hydrogen-bond acceptors (Lipinski definition) is 5. The van der Waals surface area contributed by atoms with Crippen molar-refractivity contribution in [1.29, 1.82) is 0 Å². The monoisotopic (exact) mass is 458 g/mol. The van der Waals surface area contributed by atoms with E-state index in [1.807, 2.05) is 13.8 Å². The molecule has 4 rings (SSSR count). The van der Waals surface area contributed by atoms with E-state index in [9.17, 15) is 18.4 Å². The van der Waals surface area contributed by atoms with Gasteiger partial charge in [0.1, 0.15) is 23.0 Å². The van der Waals surface area contributed by atoms with E-state index in [0.29, 0.717) is 32.6 Å². The molecule has 2 aliphatic heterocycles. The zero-order valence-corrected chi connectivity index (χ0v) is 19.1. The number of hydrogen-bond donors (Lipinski definition) is 0. The summed E-state index contributed by atoms with van der Waals surface area (Å²) >= 11 is 0. The Balaban J connectivity index is 1.49. The van der Waals surface area contributed by atoms with E-state index in [2.05, 4.69) is 16.0 Å². The van der Waals surface area contributed by atoms with Gasteiger partial charge in [-0.15, -0.1) is 0 Å². The molecule has 1 atom stereocenters. The van der Waals surface area contributed by atoms with Crippen LogP contribution >= 0.6 is 0 Å². The average molecular weight is 459 g/mol. The lowest BCUT2D eigenvalue weighted by atomic mass is 10.1. The zero-order valence-electron chi connectivity index (χ0n) is 19.1. The van der Waals surface area contributed by atoms with Gasteiger partial charge in [-0.25, -0.2) is 13.8 Å². The van der Waals surface area contributed by atoms with E-state index in [4.69, 9.17) is 4.74 Å². The number of ether oxygens (including phenoxy) is 1. The molecule has 2 saturated heterocycles. The van der Waals surface area contributed by atoms with Crippen LogP contribution in [-0.2, 0) is 9.53 Å². The highest BCUT2D eigenvalue weighted by Crippen LogP contribution is 2.30. The van der Waals surface area contributed by atoms with Crippen LogP contribution < -0.4 is 9.80 Å². The molecule has 2 aromatic rings. The fourth-order valence-corrected chi connectivity index (χ4v) is 4.67. The van der Waals surface area contributed by atoms with Gasteiger partial charge in [0, 0.05) is 51.6 Å². The minimum Gasteiger partial charge on any atom is -0.383 e. The van der Waals surface area contributed by atoms with Gasteiger partial charge in [-0.05, 0) is 43.5 Å². The van der Waals surface area contributed by atoms with E-state index >= 15 is 0 Å². The van der Waals surface area contributed by atoms with Crippen LogP contribution in [0.1, 0.15) is 34.3 Å². The third-order valence-electron chi connectivity index (χ3n) is 6.26. The van der Waals surface area contributed by atoms with Gasteiger partial charge < -0.3 is 19.4 Å². The number of aryl methyl sites for hydroxylation is 2. The molecule has 176 valence electrons. The molecule has 7 nitrogen and oxygen atoms in total. The van der Waals surface area contributed by atoms with Gasteiger partial charge in [0.05, 0.1) is 12.6 Å². The summed E-state index contributed by atoms with van der Waals surface area (Å²) in [6, 6.07) is 3.90.